The van der Waals surface area contributed by atoms with Gasteiger partial charge in [0.1, 0.15) is 0 Å². The zero-order valence-corrected chi connectivity index (χ0v) is 23.1. The zero-order valence-electron chi connectivity index (χ0n) is 23.1. The number of anilines is 1. The summed E-state index contributed by atoms with van der Waals surface area (Å²) in [6.45, 7) is 5.67. The first-order valence-electron chi connectivity index (χ1n) is 14.1. The van der Waals surface area contributed by atoms with Crippen molar-refractivity contribution in [1.29, 1.82) is 0 Å². The van der Waals surface area contributed by atoms with Crippen molar-refractivity contribution in [2.45, 2.75) is 19.3 Å². The van der Waals surface area contributed by atoms with E-state index in [2.05, 4.69) is 141 Å². The molecule has 0 unspecified atom stereocenters. The lowest BCUT2D eigenvalue weighted by Gasteiger charge is -2.25. The lowest BCUT2D eigenvalue weighted by Crippen LogP contribution is -2.20. The van der Waals surface area contributed by atoms with Crippen LogP contribution in [-0.2, 0) is 5.41 Å². The molecule has 1 aliphatic heterocycles. The largest absolute Gasteiger partial charge is 0.369 e. The van der Waals surface area contributed by atoms with Gasteiger partial charge in [0, 0.05) is 30.0 Å². The molecule has 0 N–H and O–H groups in total. The second kappa shape index (κ2) is 8.40. The second-order valence-corrected chi connectivity index (χ2v) is 11.7. The van der Waals surface area contributed by atoms with Crippen molar-refractivity contribution in [2.75, 3.05) is 18.5 Å². The molecular formula is C38H30N2. The third kappa shape index (κ3) is 3.26. The first kappa shape index (κ1) is 23.2. The number of nitrogens with zero attached hydrogens (tertiary/aromatic N) is 2. The Bertz CT molecular complexity index is 2010. The fraction of sp³-hybridized carbons (Fsp3) is 0.132. The fourth-order valence-electron chi connectivity index (χ4n) is 7.01. The Balaban J connectivity index is 1.36. The van der Waals surface area contributed by atoms with E-state index in [9.17, 15) is 0 Å². The summed E-state index contributed by atoms with van der Waals surface area (Å²) < 4.78 is 0. The van der Waals surface area contributed by atoms with Crippen LogP contribution in [0.25, 0.3) is 61.3 Å². The molecule has 8 rings (SSSR count). The van der Waals surface area contributed by atoms with E-state index in [1.807, 2.05) is 0 Å². The molecule has 1 aromatic heterocycles. The van der Waals surface area contributed by atoms with Gasteiger partial charge in [-0.15, -0.1) is 0 Å². The number of hydrogen-bond acceptors (Lipinski definition) is 2. The van der Waals surface area contributed by atoms with Crippen LogP contribution in [0.15, 0.2) is 109 Å². The summed E-state index contributed by atoms with van der Waals surface area (Å²) in [4.78, 5) is 7.57. The maximum Gasteiger partial charge on any atom is 0.0949 e. The molecule has 2 heteroatoms. The van der Waals surface area contributed by atoms with Crippen LogP contribution in [0.4, 0.5) is 5.69 Å². The van der Waals surface area contributed by atoms with Crippen molar-refractivity contribution >= 4 is 33.4 Å². The maximum absolute atomic E-state index is 5.27. The fourth-order valence-corrected chi connectivity index (χ4v) is 7.01. The first-order chi connectivity index (χ1) is 19.5. The van der Waals surface area contributed by atoms with E-state index in [1.165, 1.54) is 66.4 Å². The topological polar surface area (TPSA) is 16.1 Å². The summed E-state index contributed by atoms with van der Waals surface area (Å²) in [5.74, 6) is 0. The summed E-state index contributed by atoms with van der Waals surface area (Å²) in [5, 5.41) is 3.81. The third-order valence-electron chi connectivity index (χ3n) is 8.94. The van der Waals surface area contributed by atoms with E-state index in [-0.39, 0.29) is 5.41 Å². The minimum absolute atomic E-state index is 0.147. The van der Waals surface area contributed by atoms with Gasteiger partial charge in [0.25, 0.3) is 0 Å². The van der Waals surface area contributed by atoms with Crippen LogP contribution in [0.3, 0.4) is 0 Å². The predicted molar refractivity (Wildman–Crippen MR) is 170 cm³/mol. The molecule has 5 aromatic carbocycles. The minimum atomic E-state index is -0.147. The molecule has 0 fully saturated rings. The molecule has 0 bridgehead atoms. The van der Waals surface area contributed by atoms with Gasteiger partial charge in [0.05, 0.1) is 16.9 Å². The average molecular weight is 515 g/mol. The molecule has 0 saturated heterocycles. The van der Waals surface area contributed by atoms with Crippen LogP contribution in [-0.4, -0.2) is 18.6 Å². The number of benzene rings is 5. The van der Waals surface area contributed by atoms with Crippen LogP contribution >= 0.6 is 0 Å². The number of hydrogen-bond donors (Lipinski definition) is 0. The Morgan fingerprint density at radius 2 is 1.52 bits per heavy atom. The molecule has 0 atom stereocenters. The number of rotatable bonds is 2. The SMILES string of the molecule is CN1CC=Cc2ccc3ccc(-c4ccc5c(c4)C(C)(C)c4c-5c(-c5ccccc5)cc5ccccc45)nc3c21. The molecule has 2 aliphatic rings. The minimum Gasteiger partial charge on any atom is -0.369 e. The van der Waals surface area contributed by atoms with Crippen LogP contribution in [0.1, 0.15) is 30.5 Å². The summed E-state index contributed by atoms with van der Waals surface area (Å²) in [5.41, 5.74) is 13.6. The van der Waals surface area contributed by atoms with Gasteiger partial charge in [-0.1, -0.05) is 111 Å². The van der Waals surface area contributed by atoms with E-state index in [1.54, 1.807) is 0 Å². The predicted octanol–water partition coefficient (Wildman–Crippen LogP) is 9.49. The summed E-state index contributed by atoms with van der Waals surface area (Å²) in [6.07, 6.45) is 4.43. The Kier molecular flexibility index (Phi) is 4.88. The molecule has 0 amide bonds. The molecule has 0 radical (unpaired) electrons. The lowest BCUT2D eigenvalue weighted by molar-refractivity contribution is 0.666. The highest BCUT2D eigenvalue weighted by atomic mass is 15.1. The smallest absolute Gasteiger partial charge is 0.0949 e. The lowest BCUT2D eigenvalue weighted by atomic mass is 9.79. The molecule has 6 aromatic rings. The zero-order chi connectivity index (χ0) is 27.0. The number of likely N-dealkylation sites (N-methyl/N-ethyl adjacent to an activating group) is 1. The monoisotopic (exact) mass is 514 g/mol. The third-order valence-corrected chi connectivity index (χ3v) is 8.94. The molecular weight excluding hydrogens is 484 g/mol. The molecule has 1 aliphatic carbocycles. The van der Waals surface area contributed by atoms with Crippen molar-refractivity contribution in [3.63, 3.8) is 0 Å². The van der Waals surface area contributed by atoms with E-state index in [0.29, 0.717) is 0 Å². The molecule has 0 saturated carbocycles. The van der Waals surface area contributed by atoms with E-state index < -0.39 is 0 Å². The van der Waals surface area contributed by atoms with Gasteiger partial charge in [-0.2, -0.15) is 0 Å². The summed E-state index contributed by atoms with van der Waals surface area (Å²) in [6, 6.07) is 37.8. The molecule has 0 spiro atoms. The van der Waals surface area contributed by atoms with Gasteiger partial charge in [0.2, 0.25) is 0 Å². The highest BCUT2D eigenvalue weighted by Gasteiger charge is 2.39. The van der Waals surface area contributed by atoms with Crippen molar-refractivity contribution in [3.05, 3.63) is 126 Å². The Labute approximate surface area is 235 Å². The van der Waals surface area contributed by atoms with E-state index in [4.69, 9.17) is 4.98 Å². The van der Waals surface area contributed by atoms with Crippen LogP contribution < -0.4 is 4.90 Å². The van der Waals surface area contributed by atoms with Crippen molar-refractivity contribution in [2.24, 2.45) is 0 Å². The Morgan fingerprint density at radius 1 is 0.725 bits per heavy atom. The highest BCUT2D eigenvalue weighted by Crippen LogP contribution is 2.55. The number of aromatic nitrogens is 1. The van der Waals surface area contributed by atoms with Gasteiger partial charge in [0.15, 0.2) is 0 Å². The van der Waals surface area contributed by atoms with Crippen LogP contribution in [0.2, 0.25) is 0 Å². The summed E-state index contributed by atoms with van der Waals surface area (Å²) in [7, 11) is 2.15. The van der Waals surface area contributed by atoms with Gasteiger partial charge in [-0.05, 0) is 67.9 Å². The standard InChI is InChI=1S/C38H30N2/c1-38(2)32-23-28(33-20-18-25-15-16-26-13-9-21-40(3)37(26)36(25)39-33)17-19-30(32)34-31(24-10-5-4-6-11-24)22-27-12-7-8-14-29(27)35(34)38/h4-20,22-23H,21H2,1-3H3. The normalized spacial score (nSPS) is 14.8. The van der Waals surface area contributed by atoms with Crippen molar-refractivity contribution < 1.29 is 0 Å². The number of pyridine rings is 1. The van der Waals surface area contributed by atoms with Crippen molar-refractivity contribution in [1.82, 2.24) is 4.98 Å². The van der Waals surface area contributed by atoms with Crippen LogP contribution in [0.5, 0.6) is 0 Å². The second-order valence-electron chi connectivity index (χ2n) is 11.7. The van der Waals surface area contributed by atoms with Gasteiger partial charge in [-0.25, -0.2) is 4.98 Å². The highest BCUT2D eigenvalue weighted by molar-refractivity contribution is 6.05. The molecule has 2 nitrogen and oxygen atoms in total. The molecule has 2 heterocycles. The van der Waals surface area contributed by atoms with E-state index >= 15 is 0 Å². The number of fused-ring (bicyclic) bond motifs is 8. The van der Waals surface area contributed by atoms with E-state index in [0.717, 1.165) is 17.8 Å². The van der Waals surface area contributed by atoms with Gasteiger partial charge < -0.3 is 4.90 Å². The molecule has 192 valence electrons. The van der Waals surface area contributed by atoms with Crippen LogP contribution in [0, 0.1) is 0 Å². The van der Waals surface area contributed by atoms with Crippen molar-refractivity contribution in [3.8, 4) is 33.5 Å². The Morgan fingerprint density at radius 3 is 2.40 bits per heavy atom. The molecule has 40 heavy (non-hydrogen) atoms. The first-order valence-corrected chi connectivity index (χ1v) is 14.1. The average Bonchev–Trinajstić information content (AvgIpc) is 3.23. The van der Waals surface area contributed by atoms with Gasteiger partial charge in [-0.3, -0.25) is 0 Å². The quantitative estimate of drug-likeness (QED) is 0.229. The van der Waals surface area contributed by atoms with Gasteiger partial charge >= 0.3 is 0 Å². The maximum atomic E-state index is 5.27. The Hall–Kier alpha value is -4.69. The summed E-state index contributed by atoms with van der Waals surface area (Å²) >= 11 is 0.